The standard InChI is InChI=1S/C18H19N5/c1-22-10-12-23(13-11-22)18-14-6-2-3-7-15(14)20-17(21-18)16-8-4-5-9-19-16/h2-9H,10-13H2,1H3/p+1. The van der Waals surface area contributed by atoms with Crippen molar-refractivity contribution in [2.75, 3.05) is 38.1 Å². The van der Waals surface area contributed by atoms with Crippen LogP contribution in [0.4, 0.5) is 5.82 Å². The van der Waals surface area contributed by atoms with Crippen LogP contribution in [0.3, 0.4) is 0 Å². The van der Waals surface area contributed by atoms with Crippen molar-refractivity contribution in [3.63, 3.8) is 0 Å². The minimum Gasteiger partial charge on any atom is -0.345 e. The summed E-state index contributed by atoms with van der Waals surface area (Å²) < 4.78 is 0. The maximum Gasteiger partial charge on any atom is 0.180 e. The lowest BCUT2D eigenvalue weighted by Crippen LogP contribution is -3.12. The molecule has 0 atom stereocenters. The van der Waals surface area contributed by atoms with Crippen molar-refractivity contribution in [2.24, 2.45) is 0 Å². The smallest absolute Gasteiger partial charge is 0.180 e. The molecule has 116 valence electrons. The van der Waals surface area contributed by atoms with E-state index in [0.717, 1.165) is 48.6 Å². The second-order valence-electron chi connectivity index (χ2n) is 6.05. The monoisotopic (exact) mass is 306 g/mol. The number of nitrogens with one attached hydrogen (secondary N) is 1. The molecule has 5 heteroatoms. The third kappa shape index (κ3) is 2.75. The Hall–Kier alpha value is -2.53. The number of quaternary nitrogens is 1. The Morgan fingerprint density at radius 2 is 1.74 bits per heavy atom. The van der Waals surface area contributed by atoms with Gasteiger partial charge in [-0.3, -0.25) is 4.98 Å². The fraction of sp³-hybridized carbons (Fsp3) is 0.278. The number of aromatic nitrogens is 3. The fourth-order valence-corrected chi connectivity index (χ4v) is 3.01. The molecule has 3 aromatic rings. The molecule has 0 amide bonds. The van der Waals surface area contributed by atoms with E-state index in [1.54, 1.807) is 11.1 Å². The molecule has 4 rings (SSSR count). The maximum atomic E-state index is 4.86. The Morgan fingerprint density at radius 3 is 2.52 bits per heavy atom. The molecule has 1 N–H and O–H groups in total. The zero-order chi connectivity index (χ0) is 15.6. The molecule has 2 aromatic heterocycles. The molecule has 0 aliphatic carbocycles. The van der Waals surface area contributed by atoms with Crippen LogP contribution in [0.5, 0.6) is 0 Å². The molecule has 0 spiro atoms. The number of benzene rings is 1. The van der Waals surface area contributed by atoms with Gasteiger partial charge in [0.25, 0.3) is 0 Å². The number of anilines is 1. The molecule has 1 saturated heterocycles. The lowest BCUT2D eigenvalue weighted by molar-refractivity contribution is -0.880. The molecule has 3 heterocycles. The van der Waals surface area contributed by atoms with Gasteiger partial charge in [0.15, 0.2) is 5.82 Å². The number of piperazine rings is 1. The quantitative estimate of drug-likeness (QED) is 0.768. The van der Waals surface area contributed by atoms with E-state index in [2.05, 4.69) is 29.1 Å². The summed E-state index contributed by atoms with van der Waals surface area (Å²) in [6.07, 6.45) is 1.78. The van der Waals surface area contributed by atoms with Crippen LogP contribution in [0, 0.1) is 0 Å². The van der Waals surface area contributed by atoms with Crippen LogP contribution in [-0.4, -0.2) is 48.2 Å². The molecule has 0 unspecified atom stereocenters. The van der Waals surface area contributed by atoms with Crippen molar-refractivity contribution in [1.29, 1.82) is 0 Å². The van der Waals surface area contributed by atoms with E-state index < -0.39 is 0 Å². The number of fused-ring (bicyclic) bond motifs is 1. The van der Waals surface area contributed by atoms with Gasteiger partial charge in [-0.1, -0.05) is 18.2 Å². The van der Waals surface area contributed by atoms with E-state index >= 15 is 0 Å². The number of hydrogen-bond donors (Lipinski definition) is 1. The van der Waals surface area contributed by atoms with Crippen LogP contribution in [0.15, 0.2) is 48.7 Å². The minimum atomic E-state index is 0.700. The summed E-state index contributed by atoms with van der Waals surface area (Å²) in [5.74, 6) is 1.73. The van der Waals surface area contributed by atoms with Crippen LogP contribution in [-0.2, 0) is 0 Å². The minimum absolute atomic E-state index is 0.700. The predicted octanol–water partition coefficient (Wildman–Crippen LogP) is 1.03. The maximum absolute atomic E-state index is 4.86. The van der Waals surface area contributed by atoms with E-state index in [1.807, 2.05) is 30.3 Å². The van der Waals surface area contributed by atoms with Gasteiger partial charge in [0.1, 0.15) is 11.5 Å². The zero-order valence-electron chi connectivity index (χ0n) is 13.2. The van der Waals surface area contributed by atoms with Crippen molar-refractivity contribution < 1.29 is 4.90 Å². The van der Waals surface area contributed by atoms with Crippen LogP contribution in [0.25, 0.3) is 22.4 Å². The molecule has 0 bridgehead atoms. The second-order valence-corrected chi connectivity index (χ2v) is 6.05. The third-order valence-corrected chi connectivity index (χ3v) is 4.39. The van der Waals surface area contributed by atoms with Gasteiger partial charge in [-0.05, 0) is 24.3 Å². The predicted molar refractivity (Wildman–Crippen MR) is 91.6 cm³/mol. The average molecular weight is 306 g/mol. The number of likely N-dealkylation sites (N-methyl/N-ethyl adjacent to an activating group) is 1. The van der Waals surface area contributed by atoms with Crippen LogP contribution in [0.1, 0.15) is 0 Å². The molecule has 1 aliphatic rings. The number of hydrogen-bond acceptors (Lipinski definition) is 4. The highest BCUT2D eigenvalue weighted by atomic mass is 15.3. The summed E-state index contributed by atoms with van der Waals surface area (Å²) >= 11 is 0. The Labute approximate surface area is 135 Å². The molecule has 0 saturated carbocycles. The number of rotatable bonds is 2. The molecule has 5 nitrogen and oxygen atoms in total. The van der Waals surface area contributed by atoms with Crippen LogP contribution in [0.2, 0.25) is 0 Å². The van der Waals surface area contributed by atoms with E-state index in [-0.39, 0.29) is 0 Å². The number of para-hydroxylation sites is 1. The van der Waals surface area contributed by atoms with Gasteiger partial charge in [0.05, 0.1) is 38.7 Å². The topological polar surface area (TPSA) is 46.4 Å². The second kappa shape index (κ2) is 5.93. The highest BCUT2D eigenvalue weighted by molar-refractivity contribution is 5.90. The van der Waals surface area contributed by atoms with Gasteiger partial charge in [0, 0.05) is 11.6 Å². The van der Waals surface area contributed by atoms with E-state index in [0.29, 0.717) is 5.82 Å². The van der Waals surface area contributed by atoms with Crippen molar-refractivity contribution in [2.45, 2.75) is 0 Å². The van der Waals surface area contributed by atoms with Gasteiger partial charge < -0.3 is 9.80 Å². The first kappa shape index (κ1) is 14.1. The Bertz CT molecular complexity index is 810. The molecular formula is C18H20N5+. The number of nitrogens with zero attached hydrogens (tertiary/aromatic N) is 4. The summed E-state index contributed by atoms with van der Waals surface area (Å²) in [4.78, 5) is 17.9. The van der Waals surface area contributed by atoms with Gasteiger partial charge >= 0.3 is 0 Å². The van der Waals surface area contributed by atoms with E-state index in [1.165, 1.54) is 0 Å². The van der Waals surface area contributed by atoms with Gasteiger partial charge in [0.2, 0.25) is 0 Å². The normalized spacial score (nSPS) is 16.0. The first-order valence-electron chi connectivity index (χ1n) is 8.06. The summed E-state index contributed by atoms with van der Waals surface area (Å²) in [7, 11) is 2.24. The summed E-state index contributed by atoms with van der Waals surface area (Å²) in [5.41, 5.74) is 1.80. The highest BCUT2D eigenvalue weighted by Crippen LogP contribution is 2.26. The van der Waals surface area contributed by atoms with E-state index in [9.17, 15) is 0 Å². The lowest BCUT2D eigenvalue weighted by Gasteiger charge is -2.31. The first-order chi connectivity index (χ1) is 11.3. The number of pyridine rings is 1. The summed E-state index contributed by atoms with van der Waals surface area (Å²) in [5, 5.41) is 1.12. The lowest BCUT2D eigenvalue weighted by atomic mass is 10.2. The largest absolute Gasteiger partial charge is 0.345 e. The van der Waals surface area contributed by atoms with Gasteiger partial charge in [-0.15, -0.1) is 0 Å². The molecule has 1 aromatic carbocycles. The molecule has 1 fully saturated rings. The molecule has 1 aliphatic heterocycles. The summed E-state index contributed by atoms with van der Waals surface area (Å²) in [6.45, 7) is 4.32. The van der Waals surface area contributed by atoms with Crippen molar-refractivity contribution in [3.8, 4) is 11.5 Å². The van der Waals surface area contributed by atoms with Crippen molar-refractivity contribution in [3.05, 3.63) is 48.7 Å². The summed E-state index contributed by atoms with van der Waals surface area (Å²) in [6, 6.07) is 14.1. The van der Waals surface area contributed by atoms with Gasteiger partial charge in [-0.25, -0.2) is 9.97 Å². The fourth-order valence-electron chi connectivity index (χ4n) is 3.01. The van der Waals surface area contributed by atoms with Crippen LogP contribution < -0.4 is 9.80 Å². The van der Waals surface area contributed by atoms with E-state index in [4.69, 9.17) is 9.97 Å². The Morgan fingerprint density at radius 1 is 0.957 bits per heavy atom. The molecule has 0 radical (unpaired) electrons. The SMILES string of the molecule is C[NH+]1CCN(c2nc(-c3ccccn3)nc3ccccc23)CC1. The van der Waals surface area contributed by atoms with Crippen LogP contribution >= 0.6 is 0 Å². The Kier molecular flexibility index (Phi) is 3.63. The highest BCUT2D eigenvalue weighted by Gasteiger charge is 2.21. The van der Waals surface area contributed by atoms with Gasteiger partial charge in [-0.2, -0.15) is 0 Å². The van der Waals surface area contributed by atoms with Crippen molar-refractivity contribution in [1.82, 2.24) is 15.0 Å². The first-order valence-corrected chi connectivity index (χ1v) is 8.06. The molecular weight excluding hydrogens is 286 g/mol. The zero-order valence-corrected chi connectivity index (χ0v) is 13.2. The average Bonchev–Trinajstić information content (AvgIpc) is 2.62. The van der Waals surface area contributed by atoms with Crippen molar-refractivity contribution >= 4 is 16.7 Å². The Balaban J connectivity index is 1.84. The third-order valence-electron chi connectivity index (χ3n) is 4.39. The molecule has 23 heavy (non-hydrogen) atoms.